The Morgan fingerprint density at radius 3 is 2.70 bits per heavy atom. The number of fused-ring (bicyclic) bond motifs is 3. The van der Waals surface area contributed by atoms with Crippen LogP contribution in [0.3, 0.4) is 0 Å². The lowest BCUT2D eigenvalue weighted by atomic mass is 9.87. The van der Waals surface area contributed by atoms with Crippen molar-refractivity contribution in [3.05, 3.63) is 53.2 Å². The molecule has 0 aliphatic heterocycles. The first-order valence-corrected chi connectivity index (χ1v) is 9.26. The molecule has 0 fully saturated rings. The number of amides is 1. The summed E-state index contributed by atoms with van der Waals surface area (Å²) in [5, 5.41) is 4.11. The second-order valence-corrected chi connectivity index (χ2v) is 7.21. The van der Waals surface area contributed by atoms with Gasteiger partial charge in [0.05, 0.1) is 14.2 Å². The van der Waals surface area contributed by atoms with Gasteiger partial charge in [0, 0.05) is 33.9 Å². The maximum absolute atomic E-state index is 12.8. The molecule has 5 heteroatoms. The summed E-state index contributed by atoms with van der Waals surface area (Å²) in [6, 6.07) is 11.2. The van der Waals surface area contributed by atoms with Crippen LogP contribution in [0, 0.1) is 5.92 Å². The third kappa shape index (κ3) is 3.25. The second kappa shape index (κ2) is 6.99. The van der Waals surface area contributed by atoms with Crippen molar-refractivity contribution in [1.82, 2.24) is 4.98 Å². The van der Waals surface area contributed by atoms with Gasteiger partial charge in [0.2, 0.25) is 0 Å². The molecule has 0 bridgehead atoms. The van der Waals surface area contributed by atoms with E-state index in [0.29, 0.717) is 28.7 Å². The first-order chi connectivity index (χ1) is 13.1. The van der Waals surface area contributed by atoms with Crippen LogP contribution in [0.1, 0.15) is 35.0 Å². The predicted molar refractivity (Wildman–Crippen MR) is 107 cm³/mol. The van der Waals surface area contributed by atoms with Gasteiger partial charge in [-0.05, 0) is 61.1 Å². The summed E-state index contributed by atoms with van der Waals surface area (Å²) in [7, 11) is 3.16. The minimum Gasteiger partial charge on any atom is -0.493 e. The maximum atomic E-state index is 12.8. The Hall–Kier alpha value is -2.95. The number of rotatable bonds is 4. The fraction of sp³-hybridized carbons (Fsp3) is 0.318. The molecule has 5 nitrogen and oxygen atoms in total. The Labute approximate surface area is 158 Å². The standard InChI is InChI=1S/C22H24N2O3/c1-13-4-7-18-16(10-13)17-11-14(5-8-19(17)24-18)22(25)23-15-6-9-20(26-2)21(12-15)27-3/h5-6,8-9,11-13,24H,4,7,10H2,1-3H3,(H,23,25)/t13-/m0/s1. The molecule has 0 saturated carbocycles. The predicted octanol–water partition coefficient (Wildman–Crippen LogP) is 4.56. The largest absolute Gasteiger partial charge is 0.493 e. The van der Waals surface area contributed by atoms with E-state index >= 15 is 0 Å². The van der Waals surface area contributed by atoms with Crippen LogP contribution in [-0.4, -0.2) is 25.1 Å². The van der Waals surface area contributed by atoms with Gasteiger partial charge in [0.15, 0.2) is 11.5 Å². The highest BCUT2D eigenvalue weighted by Gasteiger charge is 2.20. The van der Waals surface area contributed by atoms with Crippen LogP contribution in [0.25, 0.3) is 10.9 Å². The molecular weight excluding hydrogens is 340 g/mol. The van der Waals surface area contributed by atoms with E-state index in [2.05, 4.69) is 17.2 Å². The molecule has 0 saturated heterocycles. The van der Waals surface area contributed by atoms with Crippen molar-refractivity contribution in [1.29, 1.82) is 0 Å². The minimum absolute atomic E-state index is 0.136. The lowest BCUT2D eigenvalue weighted by molar-refractivity contribution is 0.102. The molecular formula is C22H24N2O3. The molecule has 0 spiro atoms. The number of aryl methyl sites for hydroxylation is 1. The van der Waals surface area contributed by atoms with E-state index < -0.39 is 0 Å². The number of hydrogen-bond donors (Lipinski definition) is 2. The number of methoxy groups -OCH3 is 2. The van der Waals surface area contributed by atoms with E-state index in [1.807, 2.05) is 18.2 Å². The number of aromatic nitrogens is 1. The van der Waals surface area contributed by atoms with E-state index in [0.717, 1.165) is 23.7 Å². The van der Waals surface area contributed by atoms with Crippen molar-refractivity contribution in [2.24, 2.45) is 5.92 Å². The zero-order valence-corrected chi connectivity index (χ0v) is 15.9. The number of aromatic amines is 1. The van der Waals surface area contributed by atoms with E-state index in [1.165, 1.54) is 17.7 Å². The maximum Gasteiger partial charge on any atom is 0.255 e. The van der Waals surface area contributed by atoms with Crippen molar-refractivity contribution in [3.63, 3.8) is 0 Å². The third-order valence-electron chi connectivity index (χ3n) is 5.34. The van der Waals surface area contributed by atoms with E-state index in [-0.39, 0.29) is 5.91 Å². The number of carbonyl (C=O) groups is 1. The Morgan fingerprint density at radius 2 is 1.93 bits per heavy atom. The summed E-state index contributed by atoms with van der Waals surface area (Å²) < 4.78 is 10.5. The molecule has 1 aliphatic rings. The SMILES string of the molecule is COc1ccc(NC(=O)c2ccc3[nH]c4c(c3c2)C[C@@H](C)CC4)cc1OC. The highest BCUT2D eigenvalue weighted by molar-refractivity contribution is 6.06. The number of carbonyl (C=O) groups excluding carboxylic acids is 1. The van der Waals surface area contributed by atoms with Crippen molar-refractivity contribution in [2.45, 2.75) is 26.2 Å². The topological polar surface area (TPSA) is 63.3 Å². The van der Waals surface area contributed by atoms with Crippen molar-refractivity contribution < 1.29 is 14.3 Å². The Balaban J connectivity index is 1.62. The van der Waals surface area contributed by atoms with Crippen LogP contribution >= 0.6 is 0 Å². The molecule has 0 unspecified atom stereocenters. The smallest absolute Gasteiger partial charge is 0.255 e. The molecule has 2 aromatic carbocycles. The number of hydrogen-bond acceptors (Lipinski definition) is 3. The summed E-state index contributed by atoms with van der Waals surface area (Å²) in [4.78, 5) is 16.3. The lowest BCUT2D eigenvalue weighted by Crippen LogP contribution is -2.12. The van der Waals surface area contributed by atoms with Gasteiger partial charge >= 0.3 is 0 Å². The molecule has 27 heavy (non-hydrogen) atoms. The molecule has 0 radical (unpaired) electrons. The van der Waals surface area contributed by atoms with Crippen LogP contribution in [0.5, 0.6) is 11.5 Å². The number of ether oxygens (including phenoxy) is 2. The summed E-state index contributed by atoms with van der Waals surface area (Å²) in [5.41, 5.74) is 5.11. The number of anilines is 1. The van der Waals surface area contributed by atoms with E-state index in [4.69, 9.17) is 9.47 Å². The zero-order chi connectivity index (χ0) is 19.0. The monoisotopic (exact) mass is 364 g/mol. The highest BCUT2D eigenvalue weighted by Crippen LogP contribution is 2.33. The quantitative estimate of drug-likeness (QED) is 0.713. The number of benzene rings is 2. The molecule has 1 amide bonds. The van der Waals surface area contributed by atoms with E-state index in [1.54, 1.807) is 32.4 Å². The molecule has 1 aromatic heterocycles. The van der Waals surface area contributed by atoms with Crippen molar-refractivity contribution >= 4 is 22.5 Å². The van der Waals surface area contributed by atoms with Gasteiger partial charge in [-0.3, -0.25) is 4.79 Å². The molecule has 1 heterocycles. The lowest BCUT2D eigenvalue weighted by Gasteiger charge is -2.18. The fourth-order valence-corrected chi connectivity index (χ4v) is 3.85. The van der Waals surface area contributed by atoms with Crippen molar-refractivity contribution in [2.75, 3.05) is 19.5 Å². The normalized spacial score (nSPS) is 16.0. The second-order valence-electron chi connectivity index (χ2n) is 7.21. The average Bonchev–Trinajstić information content (AvgIpc) is 3.04. The summed E-state index contributed by atoms with van der Waals surface area (Å²) >= 11 is 0. The highest BCUT2D eigenvalue weighted by atomic mass is 16.5. The minimum atomic E-state index is -0.136. The molecule has 3 aromatic rings. The molecule has 2 N–H and O–H groups in total. The molecule has 1 atom stereocenters. The number of H-pyrrole nitrogens is 1. The average molecular weight is 364 g/mol. The van der Waals surface area contributed by atoms with Crippen LogP contribution in [0.2, 0.25) is 0 Å². The van der Waals surface area contributed by atoms with Gasteiger partial charge in [-0.2, -0.15) is 0 Å². The molecule has 4 rings (SSSR count). The summed E-state index contributed by atoms with van der Waals surface area (Å²) in [5.74, 6) is 1.76. The van der Waals surface area contributed by atoms with Crippen LogP contribution in [0.4, 0.5) is 5.69 Å². The molecule has 140 valence electrons. The fourth-order valence-electron chi connectivity index (χ4n) is 3.85. The molecule has 1 aliphatic carbocycles. The van der Waals surface area contributed by atoms with Gasteiger partial charge < -0.3 is 19.8 Å². The van der Waals surface area contributed by atoms with Gasteiger partial charge in [-0.15, -0.1) is 0 Å². The summed E-state index contributed by atoms with van der Waals surface area (Å²) in [6.45, 7) is 2.29. The van der Waals surface area contributed by atoms with Crippen LogP contribution in [0.15, 0.2) is 36.4 Å². The Kier molecular flexibility index (Phi) is 4.52. The van der Waals surface area contributed by atoms with E-state index in [9.17, 15) is 4.79 Å². The number of nitrogens with one attached hydrogen (secondary N) is 2. The first-order valence-electron chi connectivity index (χ1n) is 9.26. The van der Waals surface area contributed by atoms with Gasteiger partial charge in [-0.25, -0.2) is 0 Å². The summed E-state index contributed by atoms with van der Waals surface area (Å²) in [6.07, 6.45) is 3.36. The van der Waals surface area contributed by atoms with Gasteiger partial charge in [0.1, 0.15) is 0 Å². The van der Waals surface area contributed by atoms with Gasteiger partial charge in [-0.1, -0.05) is 6.92 Å². The Bertz CT molecular complexity index is 1010. The first kappa shape index (κ1) is 17.5. The van der Waals surface area contributed by atoms with Crippen LogP contribution in [-0.2, 0) is 12.8 Å². The van der Waals surface area contributed by atoms with Crippen molar-refractivity contribution in [3.8, 4) is 11.5 Å². The van der Waals surface area contributed by atoms with Crippen LogP contribution < -0.4 is 14.8 Å². The Morgan fingerprint density at radius 1 is 1.11 bits per heavy atom. The zero-order valence-electron chi connectivity index (χ0n) is 15.9. The van der Waals surface area contributed by atoms with Gasteiger partial charge in [0.25, 0.3) is 5.91 Å². The third-order valence-corrected chi connectivity index (χ3v) is 5.34.